The van der Waals surface area contributed by atoms with Crippen LogP contribution < -0.4 is 4.90 Å². The zero-order valence-corrected chi connectivity index (χ0v) is 16.3. The van der Waals surface area contributed by atoms with Gasteiger partial charge in [0.05, 0.1) is 5.69 Å². The molecule has 1 atom stereocenters. The lowest BCUT2D eigenvalue weighted by Gasteiger charge is -2.37. The Morgan fingerprint density at radius 1 is 1.00 bits per heavy atom. The third-order valence-corrected chi connectivity index (χ3v) is 5.46. The molecule has 1 N–H and O–H groups in total. The summed E-state index contributed by atoms with van der Waals surface area (Å²) >= 11 is 0. The van der Waals surface area contributed by atoms with Crippen LogP contribution in [-0.4, -0.2) is 45.7 Å². The number of hydrogen-bond donors (Lipinski definition) is 1. The Hall–Kier alpha value is -2.77. The summed E-state index contributed by atoms with van der Waals surface area (Å²) in [5, 5.41) is 10.8. The molecule has 0 amide bonds. The van der Waals surface area contributed by atoms with Crippen molar-refractivity contribution >= 4 is 5.69 Å². The second-order valence-corrected chi connectivity index (χ2v) is 7.33. The Balaban J connectivity index is 1.51. The lowest BCUT2D eigenvalue weighted by atomic mass is 10.0. The molecule has 1 saturated heterocycles. The van der Waals surface area contributed by atoms with E-state index in [1.165, 1.54) is 12.1 Å². The molecule has 0 bridgehead atoms. The Morgan fingerprint density at radius 3 is 2.41 bits per heavy atom. The molecule has 3 aromatic rings. The van der Waals surface area contributed by atoms with Crippen molar-refractivity contribution in [1.82, 2.24) is 14.5 Å². The zero-order valence-electron chi connectivity index (χ0n) is 16.3. The summed E-state index contributed by atoms with van der Waals surface area (Å²) in [5.41, 5.74) is 1.58. The van der Waals surface area contributed by atoms with Crippen molar-refractivity contribution in [3.05, 3.63) is 83.4 Å². The second-order valence-electron chi connectivity index (χ2n) is 7.33. The first-order chi connectivity index (χ1) is 14.0. The number of aliphatic hydroxyl groups is 1. The van der Waals surface area contributed by atoms with Crippen molar-refractivity contribution in [3.63, 3.8) is 0 Å². The molecule has 1 aliphatic rings. The van der Waals surface area contributed by atoms with E-state index in [2.05, 4.69) is 9.88 Å². The number of halogens is 2. The topological polar surface area (TPSA) is 44.5 Å². The predicted octanol–water partition coefficient (Wildman–Crippen LogP) is 3.10. The number of piperazine rings is 1. The molecular formula is C22H24F2N4O. The summed E-state index contributed by atoms with van der Waals surface area (Å²) in [7, 11) is 1.80. The summed E-state index contributed by atoms with van der Waals surface area (Å²) < 4.78 is 30.4. The third-order valence-electron chi connectivity index (χ3n) is 5.46. The van der Waals surface area contributed by atoms with Crippen LogP contribution in [0.4, 0.5) is 14.5 Å². The average Bonchev–Trinajstić information content (AvgIpc) is 3.16. The van der Waals surface area contributed by atoms with Crippen molar-refractivity contribution in [2.24, 2.45) is 7.05 Å². The number of aliphatic hydroxyl groups excluding tert-OH is 1. The van der Waals surface area contributed by atoms with E-state index in [-0.39, 0.29) is 11.6 Å². The monoisotopic (exact) mass is 398 g/mol. The largest absolute Gasteiger partial charge is 0.380 e. The number of imidazole rings is 1. The van der Waals surface area contributed by atoms with Crippen LogP contribution in [0.3, 0.4) is 0 Å². The van der Waals surface area contributed by atoms with Gasteiger partial charge in [0.15, 0.2) is 0 Å². The molecule has 0 radical (unpaired) electrons. The van der Waals surface area contributed by atoms with Crippen molar-refractivity contribution in [1.29, 1.82) is 0 Å². The van der Waals surface area contributed by atoms with Gasteiger partial charge in [-0.25, -0.2) is 13.8 Å². The van der Waals surface area contributed by atoms with Crippen molar-refractivity contribution in [2.45, 2.75) is 12.6 Å². The van der Waals surface area contributed by atoms with Gasteiger partial charge in [0.25, 0.3) is 0 Å². The van der Waals surface area contributed by atoms with Crippen LogP contribution in [0.25, 0.3) is 0 Å². The van der Waals surface area contributed by atoms with Gasteiger partial charge in [0.1, 0.15) is 23.6 Å². The molecule has 152 valence electrons. The molecule has 0 unspecified atom stereocenters. The molecule has 0 saturated carbocycles. The van der Waals surface area contributed by atoms with Crippen molar-refractivity contribution < 1.29 is 13.9 Å². The average molecular weight is 398 g/mol. The third kappa shape index (κ3) is 4.02. The van der Waals surface area contributed by atoms with Crippen molar-refractivity contribution in [3.8, 4) is 0 Å². The van der Waals surface area contributed by atoms with E-state index in [9.17, 15) is 13.9 Å². The number of aryl methyl sites for hydroxylation is 1. The maximum Gasteiger partial charge on any atom is 0.146 e. The molecule has 1 aromatic heterocycles. The normalized spacial score (nSPS) is 16.2. The quantitative estimate of drug-likeness (QED) is 0.717. The van der Waals surface area contributed by atoms with Crippen molar-refractivity contribution in [2.75, 3.05) is 31.1 Å². The lowest BCUT2D eigenvalue weighted by Crippen LogP contribution is -2.46. The van der Waals surface area contributed by atoms with E-state index in [0.717, 1.165) is 0 Å². The Kier molecular flexibility index (Phi) is 5.60. The minimum Gasteiger partial charge on any atom is -0.380 e. The van der Waals surface area contributed by atoms with Gasteiger partial charge in [-0.2, -0.15) is 0 Å². The van der Waals surface area contributed by atoms with E-state index >= 15 is 0 Å². The second kappa shape index (κ2) is 8.31. The lowest BCUT2D eigenvalue weighted by molar-refractivity contribution is 0.205. The van der Waals surface area contributed by atoms with Gasteiger partial charge in [-0.3, -0.25) is 4.90 Å². The molecule has 2 heterocycles. The van der Waals surface area contributed by atoms with Gasteiger partial charge in [0, 0.05) is 63.3 Å². The van der Waals surface area contributed by atoms with Gasteiger partial charge >= 0.3 is 0 Å². The highest BCUT2D eigenvalue weighted by molar-refractivity contribution is 5.57. The standard InChI is InChI=1S/C22H24F2N4O/c1-26-10-9-25-22(26)21(29)17-6-4-8-19(24)20(17)28-13-11-27(12-14-28)15-16-5-2-3-7-18(16)23/h2-10,21,29H,11-15H2,1H3/t21-/m1/s1. The molecule has 5 nitrogen and oxygen atoms in total. The van der Waals surface area contributed by atoms with Gasteiger partial charge in [-0.15, -0.1) is 0 Å². The van der Waals surface area contributed by atoms with E-state index in [4.69, 9.17) is 0 Å². The predicted molar refractivity (Wildman–Crippen MR) is 108 cm³/mol. The zero-order chi connectivity index (χ0) is 20.4. The fourth-order valence-electron chi connectivity index (χ4n) is 3.86. The summed E-state index contributed by atoms with van der Waals surface area (Å²) in [6, 6.07) is 11.5. The van der Waals surface area contributed by atoms with E-state index in [1.807, 2.05) is 11.0 Å². The maximum atomic E-state index is 14.8. The van der Waals surface area contributed by atoms with E-state index in [0.29, 0.717) is 55.4 Å². The minimum atomic E-state index is -1.02. The van der Waals surface area contributed by atoms with Crippen LogP contribution in [0.2, 0.25) is 0 Å². The summed E-state index contributed by atoms with van der Waals surface area (Å²) in [6.45, 7) is 3.08. The van der Waals surface area contributed by atoms with E-state index < -0.39 is 6.10 Å². The first-order valence-corrected chi connectivity index (χ1v) is 9.69. The molecule has 7 heteroatoms. The Labute approximate surface area is 168 Å². The summed E-state index contributed by atoms with van der Waals surface area (Å²) in [6.07, 6.45) is 2.34. The highest BCUT2D eigenvalue weighted by Crippen LogP contribution is 2.33. The molecule has 0 spiro atoms. The number of hydrogen-bond acceptors (Lipinski definition) is 4. The van der Waals surface area contributed by atoms with Gasteiger partial charge in [-0.1, -0.05) is 30.3 Å². The number of nitrogens with zero attached hydrogens (tertiary/aromatic N) is 4. The molecule has 1 fully saturated rings. The molecular weight excluding hydrogens is 374 g/mol. The first-order valence-electron chi connectivity index (χ1n) is 9.69. The molecule has 2 aromatic carbocycles. The number of para-hydroxylation sites is 1. The number of rotatable bonds is 5. The van der Waals surface area contributed by atoms with Crippen LogP contribution >= 0.6 is 0 Å². The highest BCUT2D eigenvalue weighted by atomic mass is 19.1. The molecule has 1 aliphatic heterocycles. The van der Waals surface area contributed by atoms with Crippen LogP contribution in [-0.2, 0) is 13.6 Å². The molecule has 29 heavy (non-hydrogen) atoms. The Bertz CT molecular complexity index is 982. The number of aromatic nitrogens is 2. The minimum absolute atomic E-state index is 0.204. The number of benzene rings is 2. The SMILES string of the molecule is Cn1ccnc1[C@H](O)c1cccc(F)c1N1CCN(Cc2ccccc2F)CC1. The maximum absolute atomic E-state index is 14.8. The van der Waals surface area contributed by atoms with Crippen LogP contribution in [0.5, 0.6) is 0 Å². The molecule has 0 aliphatic carbocycles. The Morgan fingerprint density at radius 2 is 1.72 bits per heavy atom. The van der Waals surface area contributed by atoms with Gasteiger partial charge < -0.3 is 14.6 Å². The fourth-order valence-corrected chi connectivity index (χ4v) is 3.86. The summed E-state index contributed by atoms with van der Waals surface area (Å²) in [5.74, 6) is -0.0992. The van der Waals surface area contributed by atoms with Gasteiger partial charge in [0.2, 0.25) is 0 Å². The first kappa shape index (κ1) is 19.5. The fraction of sp³-hybridized carbons (Fsp3) is 0.318. The van der Waals surface area contributed by atoms with Crippen LogP contribution in [0.15, 0.2) is 54.9 Å². The smallest absolute Gasteiger partial charge is 0.146 e. The summed E-state index contributed by atoms with van der Waals surface area (Å²) in [4.78, 5) is 8.31. The van der Waals surface area contributed by atoms with E-state index in [1.54, 1.807) is 48.3 Å². The number of anilines is 1. The highest BCUT2D eigenvalue weighted by Gasteiger charge is 2.26. The van der Waals surface area contributed by atoms with Crippen LogP contribution in [0, 0.1) is 11.6 Å². The molecule has 4 rings (SSSR count). The van der Waals surface area contributed by atoms with Gasteiger partial charge in [-0.05, 0) is 12.1 Å². The van der Waals surface area contributed by atoms with Crippen LogP contribution in [0.1, 0.15) is 23.1 Å².